The number of carboxylic acid groups (broad SMARTS) is 1. The topological polar surface area (TPSA) is 84.2 Å². The highest BCUT2D eigenvalue weighted by atomic mass is 35.5. The van der Waals surface area contributed by atoms with Crippen LogP contribution in [0.5, 0.6) is 0 Å². The van der Waals surface area contributed by atoms with E-state index in [1.807, 2.05) is 6.07 Å². The van der Waals surface area contributed by atoms with Crippen molar-refractivity contribution in [2.75, 3.05) is 5.32 Å². The molecule has 1 aromatic carbocycles. The van der Waals surface area contributed by atoms with Gasteiger partial charge in [-0.2, -0.15) is 5.10 Å². The number of hydrogen-bond donors (Lipinski definition) is 2. The van der Waals surface area contributed by atoms with Crippen molar-refractivity contribution >= 4 is 40.8 Å². The lowest BCUT2D eigenvalue weighted by Crippen LogP contribution is -2.35. The van der Waals surface area contributed by atoms with Crippen LogP contribution in [0.15, 0.2) is 30.6 Å². The summed E-state index contributed by atoms with van der Waals surface area (Å²) in [5.74, 6) is -2.29. The summed E-state index contributed by atoms with van der Waals surface area (Å²) in [6.45, 7) is 0.438. The number of carbonyl (C=O) groups excluding carboxylic acids is 1. The van der Waals surface area contributed by atoms with Gasteiger partial charge < -0.3 is 10.4 Å². The van der Waals surface area contributed by atoms with Crippen molar-refractivity contribution in [1.29, 1.82) is 0 Å². The highest BCUT2D eigenvalue weighted by Crippen LogP contribution is 2.31. The Morgan fingerprint density at radius 2 is 1.96 bits per heavy atom. The molecular weight excluding hydrogens is 377 g/mol. The van der Waals surface area contributed by atoms with Crippen molar-refractivity contribution in [2.24, 2.45) is 11.8 Å². The van der Waals surface area contributed by atoms with Gasteiger partial charge in [-0.05, 0) is 30.5 Å². The van der Waals surface area contributed by atoms with Crippen LogP contribution in [-0.4, -0.2) is 26.8 Å². The molecule has 1 aliphatic rings. The van der Waals surface area contributed by atoms with E-state index in [-0.39, 0.29) is 5.91 Å². The lowest BCUT2D eigenvalue weighted by atomic mass is 9.78. The van der Waals surface area contributed by atoms with Gasteiger partial charge in [-0.15, -0.1) is 0 Å². The number of benzene rings is 1. The van der Waals surface area contributed by atoms with E-state index in [1.54, 1.807) is 29.2 Å². The minimum atomic E-state index is -0.905. The first-order valence-electron chi connectivity index (χ1n) is 8.44. The maximum absolute atomic E-state index is 12.5. The Balaban J connectivity index is 1.66. The van der Waals surface area contributed by atoms with Gasteiger partial charge in [-0.25, -0.2) is 0 Å². The minimum absolute atomic E-state index is 0.263. The van der Waals surface area contributed by atoms with Gasteiger partial charge in [0.25, 0.3) is 0 Å². The average Bonchev–Trinajstić information content (AvgIpc) is 3.04. The zero-order valence-electron chi connectivity index (χ0n) is 14.0. The number of hydrogen-bond acceptors (Lipinski definition) is 3. The number of nitrogens with one attached hydrogen (secondary N) is 1. The van der Waals surface area contributed by atoms with E-state index in [4.69, 9.17) is 23.2 Å². The molecule has 0 bridgehead atoms. The van der Waals surface area contributed by atoms with Crippen LogP contribution in [0.4, 0.5) is 5.69 Å². The van der Waals surface area contributed by atoms with E-state index in [2.05, 4.69) is 10.4 Å². The first-order chi connectivity index (χ1) is 12.4. The maximum atomic E-state index is 12.5. The quantitative estimate of drug-likeness (QED) is 0.798. The Morgan fingerprint density at radius 1 is 1.23 bits per heavy atom. The van der Waals surface area contributed by atoms with E-state index < -0.39 is 17.8 Å². The Kier molecular flexibility index (Phi) is 5.84. The molecule has 6 nitrogen and oxygen atoms in total. The molecule has 1 fully saturated rings. The van der Waals surface area contributed by atoms with Crippen LogP contribution < -0.4 is 5.32 Å². The predicted molar refractivity (Wildman–Crippen MR) is 99.5 cm³/mol. The molecule has 0 spiro atoms. The van der Waals surface area contributed by atoms with Gasteiger partial charge in [-0.3, -0.25) is 14.3 Å². The average molecular weight is 396 g/mol. The number of aliphatic carboxylic acids is 1. The molecule has 1 saturated carbocycles. The van der Waals surface area contributed by atoms with Gasteiger partial charge in [0.05, 0.1) is 30.3 Å². The number of amides is 1. The summed E-state index contributed by atoms with van der Waals surface area (Å²) in [7, 11) is 0. The first kappa shape index (κ1) is 18.7. The summed E-state index contributed by atoms with van der Waals surface area (Å²) < 4.78 is 1.65. The highest BCUT2D eigenvalue weighted by molar-refractivity contribution is 6.35. The van der Waals surface area contributed by atoms with Crippen molar-refractivity contribution in [3.63, 3.8) is 0 Å². The number of carbonyl (C=O) groups is 2. The second-order valence-corrected chi connectivity index (χ2v) is 7.33. The molecule has 26 heavy (non-hydrogen) atoms. The second-order valence-electron chi connectivity index (χ2n) is 6.49. The third kappa shape index (κ3) is 4.37. The van der Waals surface area contributed by atoms with Crippen molar-refractivity contribution in [1.82, 2.24) is 9.78 Å². The normalized spacial score (nSPS) is 19.9. The van der Waals surface area contributed by atoms with Gasteiger partial charge in [0.1, 0.15) is 0 Å². The van der Waals surface area contributed by atoms with Gasteiger partial charge in [0.15, 0.2) is 0 Å². The summed E-state index contributed by atoms with van der Waals surface area (Å²) in [4.78, 5) is 23.9. The number of carboxylic acids is 1. The fraction of sp³-hybridized carbons (Fsp3) is 0.389. The third-order valence-electron chi connectivity index (χ3n) is 4.67. The molecule has 1 amide bonds. The Labute approximate surface area is 161 Å². The van der Waals surface area contributed by atoms with Crippen LogP contribution in [0, 0.1) is 11.8 Å². The molecule has 1 aliphatic carbocycles. The number of rotatable bonds is 5. The predicted octanol–water partition coefficient (Wildman–Crippen LogP) is 4.07. The van der Waals surface area contributed by atoms with Gasteiger partial charge in [-0.1, -0.05) is 42.1 Å². The fourth-order valence-electron chi connectivity index (χ4n) is 3.31. The Morgan fingerprint density at radius 3 is 2.65 bits per heavy atom. The standard InChI is InChI=1S/C18H19Cl2N3O3/c19-12-6-5-11(16(20)7-12)9-23-10-13(8-21-23)22-17(24)14-3-1-2-4-15(14)18(25)26/h5-8,10,14-15H,1-4,9H2,(H,22,24)(H,25,26)/t14-,15+/m1/s1. The molecule has 0 unspecified atom stereocenters. The summed E-state index contributed by atoms with van der Waals surface area (Å²) in [5.41, 5.74) is 1.39. The molecule has 0 saturated heterocycles. The van der Waals surface area contributed by atoms with Crippen LogP contribution in [0.2, 0.25) is 10.0 Å². The third-order valence-corrected chi connectivity index (χ3v) is 5.26. The Bertz CT molecular complexity index is 822. The molecule has 8 heteroatoms. The van der Waals surface area contributed by atoms with Crippen molar-refractivity contribution in [3.05, 3.63) is 46.2 Å². The summed E-state index contributed by atoms with van der Waals surface area (Å²) in [6.07, 6.45) is 6.09. The number of nitrogens with zero attached hydrogens (tertiary/aromatic N) is 2. The lowest BCUT2D eigenvalue weighted by Gasteiger charge is -2.27. The second kappa shape index (κ2) is 8.10. The van der Waals surface area contributed by atoms with Crippen LogP contribution in [0.25, 0.3) is 0 Å². The number of anilines is 1. The van der Waals surface area contributed by atoms with Crippen LogP contribution in [0.3, 0.4) is 0 Å². The minimum Gasteiger partial charge on any atom is -0.481 e. The van der Waals surface area contributed by atoms with E-state index in [1.165, 1.54) is 0 Å². The molecular formula is C18H19Cl2N3O3. The SMILES string of the molecule is O=C(O)[C@H]1CCCC[C@H]1C(=O)Nc1cnn(Cc2ccc(Cl)cc2Cl)c1. The van der Waals surface area contributed by atoms with Crippen molar-refractivity contribution in [2.45, 2.75) is 32.2 Å². The largest absolute Gasteiger partial charge is 0.481 e. The summed E-state index contributed by atoms with van der Waals surface area (Å²) >= 11 is 12.1. The monoisotopic (exact) mass is 395 g/mol. The molecule has 138 valence electrons. The summed E-state index contributed by atoms with van der Waals surface area (Å²) in [5, 5.41) is 17.4. The van der Waals surface area contributed by atoms with Crippen molar-refractivity contribution < 1.29 is 14.7 Å². The molecule has 0 radical (unpaired) electrons. The molecule has 2 atom stereocenters. The molecule has 0 aliphatic heterocycles. The summed E-state index contributed by atoms with van der Waals surface area (Å²) in [6, 6.07) is 5.24. The number of aromatic nitrogens is 2. The van der Waals surface area contributed by atoms with Crippen LogP contribution in [-0.2, 0) is 16.1 Å². The van der Waals surface area contributed by atoms with E-state index in [9.17, 15) is 14.7 Å². The van der Waals surface area contributed by atoms with E-state index in [0.717, 1.165) is 18.4 Å². The van der Waals surface area contributed by atoms with E-state index in [0.29, 0.717) is 35.1 Å². The Hall–Kier alpha value is -2.05. The van der Waals surface area contributed by atoms with Crippen LogP contribution in [0.1, 0.15) is 31.2 Å². The van der Waals surface area contributed by atoms with Gasteiger partial charge in [0, 0.05) is 16.2 Å². The highest BCUT2D eigenvalue weighted by Gasteiger charge is 2.35. The van der Waals surface area contributed by atoms with Gasteiger partial charge >= 0.3 is 5.97 Å². The zero-order valence-corrected chi connectivity index (χ0v) is 15.5. The zero-order chi connectivity index (χ0) is 18.7. The van der Waals surface area contributed by atoms with E-state index >= 15 is 0 Å². The molecule has 2 aromatic rings. The molecule has 3 rings (SSSR count). The first-order valence-corrected chi connectivity index (χ1v) is 9.19. The van der Waals surface area contributed by atoms with Crippen molar-refractivity contribution in [3.8, 4) is 0 Å². The van der Waals surface area contributed by atoms with Gasteiger partial charge in [0.2, 0.25) is 5.91 Å². The fourth-order valence-corrected chi connectivity index (χ4v) is 3.78. The molecule has 2 N–H and O–H groups in total. The maximum Gasteiger partial charge on any atom is 0.307 e. The molecule has 1 aromatic heterocycles. The van der Waals surface area contributed by atoms with Crippen LogP contribution >= 0.6 is 23.2 Å². The number of halogens is 2. The molecule has 1 heterocycles. The smallest absolute Gasteiger partial charge is 0.307 e. The lowest BCUT2D eigenvalue weighted by molar-refractivity contribution is -0.147.